The number of aliphatic hydroxyl groups excluding tert-OH is 1. The lowest BCUT2D eigenvalue weighted by atomic mass is 9.84. The molecule has 0 bridgehead atoms. The van der Waals surface area contributed by atoms with Crippen LogP contribution < -0.4 is 0 Å². The van der Waals surface area contributed by atoms with E-state index in [1.807, 2.05) is 6.92 Å². The van der Waals surface area contributed by atoms with Crippen molar-refractivity contribution in [3.63, 3.8) is 0 Å². The van der Waals surface area contributed by atoms with E-state index < -0.39 is 0 Å². The van der Waals surface area contributed by atoms with Gasteiger partial charge in [0, 0.05) is 18.9 Å². The van der Waals surface area contributed by atoms with Crippen molar-refractivity contribution in [2.24, 2.45) is 17.8 Å². The minimum Gasteiger partial charge on any atom is -0.396 e. The van der Waals surface area contributed by atoms with Crippen molar-refractivity contribution in [1.29, 1.82) is 0 Å². The van der Waals surface area contributed by atoms with Gasteiger partial charge in [-0.25, -0.2) is 0 Å². The number of Topliss-reactive ketones (excluding diaryl/α,β-unsaturated/α-hetero) is 1. The number of carbonyl (C=O) groups is 1. The fourth-order valence-electron chi connectivity index (χ4n) is 2.61. The van der Waals surface area contributed by atoms with Crippen LogP contribution in [0.1, 0.15) is 40.0 Å². The monoisotopic (exact) mass is 236 g/mol. The smallest absolute Gasteiger partial charge is 0.136 e. The van der Waals surface area contributed by atoms with Gasteiger partial charge in [-0.1, -0.05) is 30.7 Å². The summed E-state index contributed by atoms with van der Waals surface area (Å²) in [6.07, 6.45) is 4.67. The van der Waals surface area contributed by atoms with Crippen LogP contribution in [0.3, 0.4) is 0 Å². The molecular formula is C15H24O2. The summed E-state index contributed by atoms with van der Waals surface area (Å²) in [5, 5.41) is 9.38. The van der Waals surface area contributed by atoms with Crippen LogP contribution in [0.2, 0.25) is 0 Å². The summed E-state index contributed by atoms with van der Waals surface area (Å²) in [5.74, 6) is 0.539. The molecule has 0 aromatic carbocycles. The second-order valence-corrected chi connectivity index (χ2v) is 5.39. The van der Waals surface area contributed by atoms with Crippen molar-refractivity contribution in [3.8, 4) is 0 Å². The Morgan fingerprint density at radius 2 is 2.18 bits per heavy atom. The molecule has 1 fully saturated rings. The molecule has 1 N–H and O–H groups in total. The summed E-state index contributed by atoms with van der Waals surface area (Å²) in [6.45, 7) is 10.3. The second-order valence-electron chi connectivity index (χ2n) is 5.39. The second kappa shape index (κ2) is 6.15. The molecule has 1 saturated carbocycles. The fraction of sp³-hybridized carbons (Fsp3) is 0.667. The van der Waals surface area contributed by atoms with Crippen LogP contribution in [0.4, 0.5) is 0 Å². The maximum Gasteiger partial charge on any atom is 0.136 e. The van der Waals surface area contributed by atoms with Gasteiger partial charge in [-0.05, 0) is 38.5 Å². The van der Waals surface area contributed by atoms with Gasteiger partial charge in [0.2, 0.25) is 0 Å². The number of hydrogen-bond donors (Lipinski definition) is 1. The van der Waals surface area contributed by atoms with Gasteiger partial charge in [0.05, 0.1) is 0 Å². The zero-order valence-corrected chi connectivity index (χ0v) is 11.2. The Morgan fingerprint density at radius 1 is 1.53 bits per heavy atom. The normalized spacial score (nSPS) is 28.2. The highest BCUT2D eigenvalue weighted by molar-refractivity contribution is 5.84. The highest BCUT2D eigenvalue weighted by atomic mass is 16.3. The van der Waals surface area contributed by atoms with E-state index in [2.05, 4.69) is 26.5 Å². The number of rotatable bonds is 5. The molecule has 0 unspecified atom stereocenters. The molecule has 1 aliphatic rings. The molecule has 0 aliphatic heterocycles. The summed E-state index contributed by atoms with van der Waals surface area (Å²) in [4.78, 5) is 11.7. The lowest BCUT2D eigenvalue weighted by Gasteiger charge is -2.21. The molecule has 96 valence electrons. The Labute approximate surface area is 104 Å². The maximum absolute atomic E-state index is 11.7. The van der Waals surface area contributed by atoms with Crippen molar-refractivity contribution < 1.29 is 9.90 Å². The third-order valence-corrected chi connectivity index (χ3v) is 3.84. The van der Waals surface area contributed by atoms with E-state index in [0.717, 1.165) is 18.4 Å². The first-order valence-electron chi connectivity index (χ1n) is 6.42. The van der Waals surface area contributed by atoms with Crippen LogP contribution >= 0.6 is 0 Å². The summed E-state index contributed by atoms with van der Waals surface area (Å²) in [6, 6.07) is 0. The Hall–Kier alpha value is -0.890. The Balaban J connectivity index is 2.57. The van der Waals surface area contributed by atoms with E-state index in [9.17, 15) is 9.90 Å². The van der Waals surface area contributed by atoms with Crippen molar-refractivity contribution in [3.05, 3.63) is 23.8 Å². The van der Waals surface area contributed by atoms with Crippen LogP contribution in [0, 0.1) is 17.8 Å². The van der Waals surface area contributed by atoms with E-state index in [4.69, 9.17) is 0 Å². The molecule has 2 heteroatoms. The van der Waals surface area contributed by atoms with E-state index in [0.29, 0.717) is 6.42 Å². The third-order valence-electron chi connectivity index (χ3n) is 3.84. The minimum atomic E-state index is -0.00907. The largest absolute Gasteiger partial charge is 0.396 e. The Morgan fingerprint density at radius 3 is 2.71 bits per heavy atom. The van der Waals surface area contributed by atoms with Gasteiger partial charge < -0.3 is 5.11 Å². The van der Waals surface area contributed by atoms with Gasteiger partial charge in [0.1, 0.15) is 5.78 Å². The highest BCUT2D eigenvalue weighted by Gasteiger charge is 2.39. The van der Waals surface area contributed by atoms with Crippen LogP contribution in [0.5, 0.6) is 0 Å². The Kier molecular flexibility index (Phi) is 5.13. The SMILES string of the molecule is C=C(CCC=C(C)C)[C@@H]1CC(=O)[C@H](C)[C@H]1CO. The predicted molar refractivity (Wildman–Crippen MR) is 70.7 cm³/mol. The van der Waals surface area contributed by atoms with Gasteiger partial charge in [0.15, 0.2) is 0 Å². The fourth-order valence-corrected chi connectivity index (χ4v) is 2.61. The van der Waals surface area contributed by atoms with E-state index in [1.165, 1.54) is 5.57 Å². The van der Waals surface area contributed by atoms with Crippen molar-refractivity contribution in [2.45, 2.75) is 40.0 Å². The summed E-state index contributed by atoms with van der Waals surface area (Å²) in [7, 11) is 0. The first-order chi connectivity index (χ1) is 7.97. The topological polar surface area (TPSA) is 37.3 Å². The number of aliphatic hydroxyl groups is 1. The number of hydrogen-bond acceptors (Lipinski definition) is 2. The van der Waals surface area contributed by atoms with Crippen molar-refractivity contribution >= 4 is 5.78 Å². The van der Waals surface area contributed by atoms with Crippen LogP contribution in [0.15, 0.2) is 23.8 Å². The lowest BCUT2D eigenvalue weighted by molar-refractivity contribution is -0.121. The molecule has 0 amide bonds. The maximum atomic E-state index is 11.7. The van der Waals surface area contributed by atoms with Crippen LogP contribution in [-0.4, -0.2) is 17.5 Å². The molecule has 17 heavy (non-hydrogen) atoms. The number of carbonyl (C=O) groups excluding carboxylic acids is 1. The summed E-state index contributed by atoms with van der Waals surface area (Å²) in [5.41, 5.74) is 2.44. The average molecular weight is 236 g/mol. The van der Waals surface area contributed by atoms with Crippen molar-refractivity contribution in [1.82, 2.24) is 0 Å². The number of allylic oxidation sites excluding steroid dienone is 3. The van der Waals surface area contributed by atoms with Gasteiger partial charge in [-0.2, -0.15) is 0 Å². The zero-order valence-electron chi connectivity index (χ0n) is 11.2. The predicted octanol–water partition coefficient (Wildman–Crippen LogP) is 3.12. The molecule has 0 spiro atoms. The lowest BCUT2D eigenvalue weighted by Crippen LogP contribution is -2.19. The molecule has 1 rings (SSSR count). The van der Waals surface area contributed by atoms with E-state index in [-0.39, 0.29) is 30.1 Å². The minimum absolute atomic E-state index is 0.00907. The van der Waals surface area contributed by atoms with Crippen molar-refractivity contribution in [2.75, 3.05) is 6.61 Å². The standard InChI is InChI=1S/C15H24O2/c1-10(2)6-5-7-11(3)13-8-15(17)12(4)14(13)9-16/h6,12-14,16H,3,5,7-9H2,1-2,4H3/t12-,13+,14-/m1/s1. The molecule has 1 aliphatic carbocycles. The first-order valence-corrected chi connectivity index (χ1v) is 6.42. The van der Waals surface area contributed by atoms with Gasteiger partial charge >= 0.3 is 0 Å². The summed E-state index contributed by atoms with van der Waals surface area (Å²) < 4.78 is 0. The molecule has 2 nitrogen and oxygen atoms in total. The number of ketones is 1. The molecule has 0 aromatic heterocycles. The third kappa shape index (κ3) is 3.53. The average Bonchev–Trinajstić information content (AvgIpc) is 2.54. The van der Waals surface area contributed by atoms with E-state index in [1.54, 1.807) is 0 Å². The van der Waals surface area contributed by atoms with Crippen LogP contribution in [0.25, 0.3) is 0 Å². The molecule has 0 aromatic rings. The van der Waals surface area contributed by atoms with Gasteiger partial charge in [-0.15, -0.1) is 0 Å². The highest BCUT2D eigenvalue weighted by Crippen LogP contribution is 2.39. The molecule has 0 radical (unpaired) electrons. The van der Waals surface area contributed by atoms with E-state index >= 15 is 0 Å². The molecule has 0 saturated heterocycles. The molecular weight excluding hydrogens is 212 g/mol. The zero-order chi connectivity index (χ0) is 13.0. The van der Waals surface area contributed by atoms with Gasteiger partial charge in [0.25, 0.3) is 0 Å². The van der Waals surface area contributed by atoms with Crippen LogP contribution in [-0.2, 0) is 4.79 Å². The Bertz CT molecular complexity index is 324. The van der Waals surface area contributed by atoms with Gasteiger partial charge in [-0.3, -0.25) is 4.79 Å². The summed E-state index contributed by atoms with van der Waals surface area (Å²) >= 11 is 0. The molecule has 3 atom stereocenters. The molecule has 0 heterocycles. The first kappa shape index (κ1) is 14.2. The quantitative estimate of drug-likeness (QED) is 0.745.